The summed E-state index contributed by atoms with van der Waals surface area (Å²) < 4.78 is 0. The molecule has 0 spiro atoms. The smallest absolute Gasteiger partial charge is 0.230 e. The SMILES string of the molecule is CC(C)c1ccc(CC(=O)Nc2cnn(Cc3ccc(C#N)cc3)n2)cc1. The van der Waals surface area contributed by atoms with Gasteiger partial charge in [-0.25, -0.2) is 0 Å². The summed E-state index contributed by atoms with van der Waals surface area (Å²) in [6.07, 6.45) is 1.82. The number of hydrogen-bond acceptors (Lipinski definition) is 4. The van der Waals surface area contributed by atoms with Crippen molar-refractivity contribution in [2.75, 3.05) is 5.32 Å². The van der Waals surface area contributed by atoms with Gasteiger partial charge in [-0.05, 0) is 34.7 Å². The maximum absolute atomic E-state index is 12.2. The molecule has 0 atom stereocenters. The number of aromatic nitrogens is 3. The van der Waals surface area contributed by atoms with Gasteiger partial charge in [0.25, 0.3) is 0 Å². The van der Waals surface area contributed by atoms with E-state index in [1.165, 1.54) is 16.6 Å². The van der Waals surface area contributed by atoms with E-state index in [0.29, 0.717) is 30.3 Å². The Labute approximate surface area is 158 Å². The van der Waals surface area contributed by atoms with E-state index in [-0.39, 0.29) is 5.91 Å². The van der Waals surface area contributed by atoms with Crippen LogP contribution in [0.15, 0.2) is 54.7 Å². The van der Waals surface area contributed by atoms with Crippen molar-refractivity contribution in [1.29, 1.82) is 5.26 Å². The number of amides is 1. The number of benzene rings is 2. The van der Waals surface area contributed by atoms with Gasteiger partial charge in [-0.3, -0.25) is 4.79 Å². The number of nitrogens with zero attached hydrogens (tertiary/aromatic N) is 4. The summed E-state index contributed by atoms with van der Waals surface area (Å²) in [6.45, 7) is 4.75. The first-order valence-corrected chi connectivity index (χ1v) is 8.81. The summed E-state index contributed by atoms with van der Waals surface area (Å²) in [6, 6.07) is 17.4. The molecule has 6 heteroatoms. The zero-order chi connectivity index (χ0) is 19.2. The Balaban J connectivity index is 1.56. The monoisotopic (exact) mass is 359 g/mol. The van der Waals surface area contributed by atoms with E-state index in [4.69, 9.17) is 5.26 Å². The second kappa shape index (κ2) is 8.28. The first kappa shape index (κ1) is 18.3. The third kappa shape index (κ3) is 5.02. The van der Waals surface area contributed by atoms with Crippen LogP contribution in [0.5, 0.6) is 0 Å². The topological polar surface area (TPSA) is 83.6 Å². The highest BCUT2D eigenvalue weighted by molar-refractivity contribution is 5.91. The van der Waals surface area contributed by atoms with Crippen LogP contribution in [0, 0.1) is 11.3 Å². The third-order valence-electron chi connectivity index (χ3n) is 4.22. The van der Waals surface area contributed by atoms with Crippen LogP contribution in [-0.2, 0) is 17.8 Å². The minimum Gasteiger partial charge on any atom is -0.308 e. The Morgan fingerprint density at radius 1 is 1.11 bits per heavy atom. The van der Waals surface area contributed by atoms with E-state index < -0.39 is 0 Å². The van der Waals surface area contributed by atoms with E-state index in [1.807, 2.05) is 24.3 Å². The van der Waals surface area contributed by atoms with Crippen LogP contribution in [0.3, 0.4) is 0 Å². The minimum absolute atomic E-state index is 0.127. The summed E-state index contributed by atoms with van der Waals surface area (Å²) in [7, 11) is 0. The summed E-state index contributed by atoms with van der Waals surface area (Å²) in [5.41, 5.74) is 3.81. The van der Waals surface area contributed by atoms with Gasteiger partial charge in [-0.15, -0.1) is 5.10 Å². The molecule has 0 aliphatic carbocycles. The second-order valence-corrected chi connectivity index (χ2v) is 6.69. The molecule has 1 amide bonds. The quantitative estimate of drug-likeness (QED) is 0.730. The summed E-state index contributed by atoms with van der Waals surface area (Å²) >= 11 is 0. The maximum Gasteiger partial charge on any atom is 0.230 e. The van der Waals surface area contributed by atoms with Crippen molar-refractivity contribution in [1.82, 2.24) is 15.0 Å². The summed E-state index contributed by atoms with van der Waals surface area (Å²) in [5.74, 6) is 0.768. The first-order valence-electron chi connectivity index (χ1n) is 8.81. The van der Waals surface area contributed by atoms with Crippen LogP contribution < -0.4 is 5.32 Å². The predicted octanol–water partition coefficient (Wildman–Crippen LogP) is 3.50. The molecule has 2 aromatic carbocycles. The fourth-order valence-electron chi connectivity index (χ4n) is 2.67. The van der Waals surface area contributed by atoms with Gasteiger partial charge in [0.05, 0.1) is 30.8 Å². The van der Waals surface area contributed by atoms with Gasteiger partial charge in [0, 0.05) is 0 Å². The normalized spacial score (nSPS) is 10.6. The van der Waals surface area contributed by atoms with Gasteiger partial charge in [0.1, 0.15) is 0 Å². The van der Waals surface area contributed by atoms with Crippen molar-refractivity contribution in [2.24, 2.45) is 0 Å². The molecule has 136 valence electrons. The number of hydrogen-bond donors (Lipinski definition) is 1. The zero-order valence-electron chi connectivity index (χ0n) is 15.4. The molecule has 0 fully saturated rings. The van der Waals surface area contributed by atoms with Gasteiger partial charge in [0.15, 0.2) is 5.82 Å². The fourth-order valence-corrected chi connectivity index (χ4v) is 2.67. The number of anilines is 1. The molecular formula is C21H21N5O. The molecule has 1 heterocycles. The molecule has 0 unspecified atom stereocenters. The molecule has 1 N–H and O–H groups in total. The molecule has 0 saturated heterocycles. The molecule has 1 aromatic heterocycles. The van der Waals surface area contributed by atoms with Gasteiger partial charge >= 0.3 is 0 Å². The van der Waals surface area contributed by atoms with Gasteiger partial charge in [-0.1, -0.05) is 50.2 Å². The van der Waals surface area contributed by atoms with E-state index in [0.717, 1.165) is 11.1 Å². The van der Waals surface area contributed by atoms with E-state index in [9.17, 15) is 4.79 Å². The van der Waals surface area contributed by atoms with Crippen molar-refractivity contribution < 1.29 is 4.79 Å². The first-order chi connectivity index (χ1) is 13.0. The van der Waals surface area contributed by atoms with Crippen LogP contribution in [-0.4, -0.2) is 20.9 Å². The minimum atomic E-state index is -0.127. The molecule has 6 nitrogen and oxygen atoms in total. The molecule has 3 aromatic rings. The van der Waals surface area contributed by atoms with Gasteiger partial charge in [0.2, 0.25) is 5.91 Å². The molecule has 3 rings (SSSR count). The lowest BCUT2D eigenvalue weighted by atomic mass is 10.0. The Kier molecular flexibility index (Phi) is 5.62. The Morgan fingerprint density at radius 2 is 1.78 bits per heavy atom. The lowest BCUT2D eigenvalue weighted by Gasteiger charge is -2.06. The van der Waals surface area contributed by atoms with Gasteiger partial charge < -0.3 is 5.32 Å². The molecule has 0 bridgehead atoms. The number of nitrogens with one attached hydrogen (secondary N) is 1. The van der Waals surface area contributed by atoms with Crippen LogP contribution in [0.25, 0.3) is 0 Å². The number of rotatable bonds is 6. The predicted molar refractivity (Wildman–Crippen MR) is 103 cm³/mol. The van der Waals surface area contributed by atoms with E-state index in [1.54, 1.807) is 12.1 Å². The van der Waals surface area contributed by atoms with Crippen molar-refractivity contribution in [3.63, 3.8) is 0 Å². The van der Waals surface area contributed by atoms with Crippen molar-refractivity contribution in [3.8, 4) is 6.07 Å². The Morgan fingerprint density at radius 3 is 2.41 bits per heavy atom. The highest BCUT2D eigenvalue weighted by atomic mass is 16.1. The summed E-state index contributed by atoms with van der Waals surface area (Å²) in [4.78, 5) is 13.7. The second-order valence-electron chi connectivity index (χ2n) is 6.69. The Hall–Kier alpha value is -3.46. The molecule has 0 radical (unpaired) electrons. The van der Waals surface area contributed by atoms with E-state index in [2.05, 4.69) is 47.6 Å². The van der Waals surface area contributed by atoms with Crippen LogP contribution in [0.4, 0.5) is 5.82 Å². The standard InChI is InChI=1S/C21H21N5O/c1-15(2)19-9-7-16(8-10-19)11-21(27)24-20-13-23-26(25-20)14-18-5-3-17(12-22)4-6-18/h3-10,13,15H,11,14H2,1-2H3,(H,24,25,27). The van der Waals surface area contributed by atoms with Crippen LogP contribution in [0.2, 0.25) is 0 Å². The number of carbonyl (C=O) groups excluding carboxylic acids is 1. The average Bonchev–Trinajstić information content (AvgIpc) is 3.09. The highest BCUT2D eigenvalue weighted by Gasteiger charge is 2.08. The highest BCUT2D eigenvalue weighted by Crippen LogP contribution is 2.15. The van der Waals surface area contributed by atoms with Gasteiger partial charge in [-0.2, -0.15) is 15.2 Å². The number of carbonyl (C=O) groups is 1. The lowest BCUT2D eigenvalue weighted by Crippen LogP contribution is -2.15. The fraction of sp³-hybridized carbons (Fsp3) is 0.238. The zero-order valence-corrected chi connectivity index (χ0v) is 15.4. The van der Waals surface area contributed by atoms with Crippen molar-refractivity contribution in [2.45, 2.75) is 32.7 Å². The largest absolute Gasteiger partial charge is 0.308 e. The summed E-state index contributed by atoms with van der Waals surface area (Å²) in [5, 5.41) is 20.1. The Bertz CT molecular complexity index is 949. The molecule has 0 saturated carbocycles. The lowest BCUT2D eigenvalue weighted by molar-refractivity contribution is -0.115. The van der Waals surface area contributed by atoms with Crippen molar-refractivity contribution in [3.05, 3.63) is 77.0 Å². The van der Waals surface area contributed by atoms with Crippen LogP contribution >= 0.6 is 0 Å². The van der Waals surface area contributed by atoms with Crippen LogP contribution in [0.1, 0.15) is 42.0 Å². The molecule has 0 aliphatic heterocycles. The molecule has 27 heavy (non-hydrogen) atoms. The average molecular weight is 359 g/mol. The van der Waals surface area contributed by atoms with Crippen molar-refractivity contribution >= 4 is 11.7 Å². The molecular weight excluding hydrogens is 338 g/mol. The molecule has 0 aliphatic rings. The van der Waals surface area contributed by atoms with E-state index >= 15 is 0 Å². The number of nitriles is 1. The third-order valence-corrected chi connectivity index (χ3v) is 4.22. The maximum atomic E-state index is 12.2.